The van der Waals surface area contributed by atoms with E-state index in [1.165, 1.54) is 0 Å². The number of carbonyl (C=O) groups excluding carboxylic acids is 2. The lowest BCUT2D eigenvalue weighted by atomic mass is 9.62. The van der Waals surface area contributed by atoms with Gasteiger partial charge in [0.25, 0.3) is 0 Å². The number of benzene rings is 1. The first-order valence-corrected chi connectivity index (χ1v) is 10.7. The third-order valence-corrected chi connectivity index (χ3v) is 7.72. The van der Waals surface area contributed by atoms with Crippen molar-refractivity contribution in [3.63, 3.8) is 0 Å². The van der Waals surface area contributed by atoms with Crippen LogP contribution in [-0.4, -0.2) is 59.0 Å². The maximum absolute atomic E-state index is 13.9. The van der Waals surface area contributed by atoms with Gasteiger partial charge in [-0.05, 0) is 49.8 Å². The summed E-state index contributed by atoms with van der Waals surface area (Å²) in [6.45, 7) is 3.55. The number of aliphatic hydroxyl groups excluding tert-OH is 1. The zero-order valence-electron chi connectivity index (χ0n) is 16.5. The standard InChI is InChI=1S/C22H29ClN2O3/c1-16(27)24-13-11-21(15-26)8-3-12-25(19(21)14-24)20(28)22(9-2-10-22)17-4-6-18(23)7-5-17/h4-7,19,26H,2-3,8-15H2,1H3/t19-,21-/m0/s1. The molecule has 6 heteroatoms. The Bertz CT molecular complexity index is 762. The molecule has 28 heavy (non-hydrogen) atoms. The minimum absolute atomic E-state index is 0.0422. The van der Waals surface area contributed by atoms with Crippen LogP contribution in [-0.2, 0) is 15.0 Å². The molecule has 152 valence electrons. The van der Waals surface area contributed by atoms with Crippen molar-refractivity contribution < 1.29 is 14.7 Å². The minimum Gasteiger partial charge on any atom is -0.396 e. The van der Waals surface area contributed by atoms with Crippen LogP contribution >= 0.6 is 11.6 Å². The quantitative estimate of drug-likeness (QED) is 0.842. The summed E-state index contributed by atoms with van der Waals surface area (Å²) in [4.78, 5) is 29.7. The summed E-state index contributed by atoms with van der Waals surface area (Å²) >= 11 is 6.06. The molecule has 2 atom stereocenters. The number of nitrogens with zero attached hydrogens (tertiary/aromatic N) is 2. The predicted octanol–water partition coefficient (Wildman–Crippen LogP) is 2.98. The van der Waals surface area contributed by atoms with Crippen LogP contribution < -0.4 is 0 Å². The van der Waals surface area contributed by atoms with Crippen LogP contribution in [0.2, 0.25) is 5.02 Å². The van der Waals surface area contributed by atoms with Crippen LogP contribution in [0.15, 0.2) is 24.3 Å². The summed E-state index contributed by atoms with van der Waals surface area (Å²) < 4.78 is 0. The van der Waals surface area contributed by atoms with Gasteiger partial charge in [-0.25, -0.2) is 0 Å². The number of rotatable bonds is 3. The fourth-order valence-electron chi connectivity index (χ4n) is 5.49. The number of piperidine rings is 2. The number of aliphatic hydroxyl groups is 1. The Hall–Kier alpha value is -1.59. The normalized spacial score (nSPS) is 29.0. The van der Waals surface area contributed by atoms with Crippen LogP contribution in [0.25, 0.3) is 0 Å². The molecule has 0 radical (unpaired) electrons. The third-order valence-electron chi connectivity index (χ3n) is 7.46. The van der Waals surface area contributed by atoms with Gasteiger partial charge in [0.2, 0.25) is 11.8 Å². The topological polar surface area (TPSA) is 60.9 Å². The second-order valence-electron chi connectivity index (χ2n) is 8.80. The lowest BCUT2D eigenvalue weighted by Crippen LogP contribution is -2.67. The molecule has 5 nitrogen and oxygen atoms in total. The molecule has 1 aromatic carbocycles. The average Bonchev–Trinajstić information content (AvgIpc) is 2.67. The largest absolute Gasteiger partial charge is 0.396 e. The molecular formula is C22H29ClN2O3. The second kappa shape index (κ2) is 7.34. The Morgan fingerprint density at radius 3 is 2.39 bits per heavy atom. The van der Waals surface area contributed by atoms with Crippen molar-refractivity contribution in [2.45, 2.75) is 56.9 Å². The van der Waals surface area contributed by atoms with E-state index >= 15 is 0 Å². The average molecular weight is 405 g/mol. The van der Waals surface area contributed by atoms with Crippen molar-refractivity contribution in [3.05, 3.63) is 34.9 Å². The van der Waals surface area contributed by atoms with Gasteiger partial charge in [-0.15, -0.1) is 0 Å². The van der Waals surface area contributed by atoms with Crippen LogP contribution in [0.3, 0.4) is 0 Å². The molecular weight excluding hydrogens is 376 g/mol. The molecule has 2 aliphatic heterocycles. The summed E-state index contributed by atoms with van der Waals surface area (Å²) in [6, 6.07) is 7.56. The monoisotopic (exact) mass is 404 g/mol. The maximum atomic E-state index is 13.9. The number of carbonyl (C=O) groups is 2. The predicted molar refractivity (Wildman–Crippen MR) is 108 cm³/mol. The molecule has 2 amide bonds. The molecule has 1 N–H and O–H groups in total. The van der Waals surface area contributed by atoms with Crippen LogP contribution in [0.4, 0.5) is 0 Å². The van der Waals surface area contributed by atoms with E-state index in [2.05, 4.69) is 0 Å². The molecule has 3 fully saturated rings. The van der Waals surface area contributed by atoms with Crippen molar-refractivity contribution in [3.8, 4) is 0 Å². The zero-order valence-corrected chi connectivity index (χ0v) is 17.2. The van der Waals surface area contributed by atoms with Gasteiger partial charge in [0.15, 0.2) is 0 Å². The van der Waals surface area contributed by atoms with E-state index in [-0.39, 0.29) is 29.9 Å². The van der Waals surface area contributed by atoms with Crippen LogP contribution in [0, 0.1) is 5.41 Å². The Morgan fingerprint density at radius 2 is 1.82 bits per heavy atom. The number of hydrogen-bond acceptors (Lipinski definition) is 3. The lowest BCUT2D eigenvalue weighted by Gasteiger charge is -2.56. The van der Waals surface area contributed by atoms with Gasteiger partial charge in [0, 0.05) is 37.0 Å². The highest BCUT2D eigenvalue weighted by Crippen LogP contribution is 2.49. The fraction of sp³-hybridized carbons (Fsp3) is 0.636. The van der Waals surface area contributed by atoms with Crippen molar-refractivity contribution in [1.82, 2.24) is 9.80 Å². The van der Waals surface area contributed by atoms with Crippen molar-refractivity contribution in [1.29, 1.82) is 0 Å². The first-order chi connectivity index (χ1) is 13.4. The van der Waals surface area contributed by atoms with E-state index in [1.807, 2.05) is 34.1 Å². The number of fused-ring (bicyclic) bond motifs is 1. The second-order valence-corrected chi connectivity index (χ2v) is 9.23. The van der Waals surface area contributed by atoms with Crippen molar-refractivity contribution >= 4 is 23.4 Å². The molecule has 0 bridgehead atoms. The summed E-state index contributed by atoms with van der Waals surface area (Å²) in [6.07, 6.45) is 5.30. The summed E-state index contributed by atoms with van der Waals surface area (Å²) in [5.74, 6) is 0.203. The molecule has 1 aromatic rings. The van der Waals surface area contributed by atoms with E-state index in [4.69, 9.17) is 11.6 Å². The molecule has 4 rings (SSSR count). The van der Waals surface area contributed by atoms with Gasteiger partial charge in [-0.1, -0.05) is 30.2 Å². The molecule has 3 aliphatic rings. The smallest absolute Gasteiger partial charge is 0.233 e. The highest BCUT2D eigenvalue weighted by atomic mass is 35.5. The first-order valence-electron chi connectivity index (χ1n) is 10.4. The van der Waals surface area contributed by atoms with E-state index in [0.717, 1.165) is 44.1 Å². The minimum atomic E-state index is -0.484. The fourth-order valence-corrected chi connectivity index (χ4v) is 5.61. The van der Waals surface area contributed by atoms with Crippen LogP contribution in [0.5, 0.6) is 0 Å². The third kappa shape index (κ3) is 3.03. The van der Waals surface area contributed by atoms with E-state index in [9.17, 15) is 14.7 Å². The molecule has 2 heterocycles. The zero-order chi connectivity index (χ0) is 19.9. The molecule has 1 saturated carbocycles. The van der Waals surface area contributed by atoms with E-state index < -0.39 is 5.41 Å². The van der Waals surface area contributed by atoms with Crippen LogP contribution in [0.1, 0.15) is 51.0 Å². The van der Waals surface area contributed by atoms with Gasteiger partial charge in [0.1, 0.15) is 0 Å². The molecule has 0 spiro atoms. The SMILES string of the molecule is CC(=O)N1CC[C@]2(CO)CCCN(C(=O)C3(c4ccc(Cl)cc4)CCC3)[C@H]2C1. The Balaban J connectivity index is 1.66. The van der Waals surface area contributed by atoms with Gasteiger partial charge in [0.05, 0.1) is 18.1 Å². The number of hydrogen-bond donors (Lipinski definition) is 1. The number of halogens is 1. The Kier molecular flexibility index (Phi) is 5.17. The highest BCUT2D eigenvalue weighted by molar-refractivity contribution is 6.30. The Labute approximate surface area is 171 Å². The molecule has 1 aliphatic carbocycles. The highest BCUT2D eigenvalue weighted by Gasteiger charge is 2.54. The summed E-state index contributed by atoms with van der Waals surface area (Å²) in [5.41, 5.74) is 0.263. The lowest BCUT2D eigenvalue weighted by molar-refractivity contribution is -0.160. The van der Waals surface area contributed by atoms with Crippen molar-refractivity contribution in [2.75, 3.05) is 26.2 Å². The molecule has 0 aromatic heterocycles. The number of amides is 2. The molecule has 0 unspecified atom stereocenters. The van der Waals surface area contributed by atoms with Gasteiger partial charge < -0.3 is 14.9 Å². The summed E-state index contributed by atoms with van der Waals surface area (Å²) in [7, 11) is 0. The van der Waals surface area contributed by atoms with Gasteiger partial charge in [-0.3, -0.25) is 9.59 Å². The maximum Gasteiger partial charge on any atom is 0.233 e. The van der Waals surface area contributed by atoms with E-state index in [0.29, 0.717) is 24.7 Å². The summed E-state index contributed by atoms with van der Waals surface area (Å²) in [5, 5.41) is 10.9. The first kappa shape index (κ1) is 19.7. The van der Waals surface area contributed by atoms with Gasteiger partial charge in [-0.2, -0.15) is 0 Å². The Morgan fingerprint density at radius 1 is 1.11 bits per heavy atom. The van der Waals surface area contributed by atoms with Crippen molar-refractivity contribution in [2.24, 2.45) is 5.41 Å². The molecule has 2 saturated heterocycles. The van der Waals surface area contributed by atoms with E-state index in [1.54, 1.807) is 6.92 Å². The number of likely N-dealkylation sites (tertiary alicyclic amines) is 2. The van der Waals surface area contributed by atoms with Gasteiger partial charge >= 0.3 is 0 Å².